The molecule has 1 N–H and O–H groups in total. The normalized spacial score (nSPS) is 13.1. The van der Waals surface area contributed by atoms with Gasteiger partial charge in [0, 0.05) is 11.7 Å². The Morgan fingerprint density at radius 1 is 1.32 bits per heavy atom. The number of nitrogens with one attached hydrogen (secondary N) is 1. The molecule has 0 aliphatic rings. The van der Waals surface area contributed by atoms with E-state index in [1.54, 1.807) is 30.5 Å². The van der Waals surface area contributed by atoms with Crippen LogP contribution in [-0.4, -0.2) is 36.9 Å². The van der Waals surface area contributed by atoms with Gasteiger partial charge in [-0.1, -0.05) is 6.08 Å². The van der Waals surface area contributed by atoms with Crippen molar-refractivity contribution in [2.24, 2.45) is 9.98 Å². The van der Waals surface area contributed by atoms with Gasteiger partial charge in [-0.25, -0.2) is 23.4 Å². The van der Waals surface area contributed by atoms with Crippen LogP contribution < -0.4 is 5.32 Å². The van der Waals surface area contributed by atoms with Gasteiger partial charge < -0.3 is 9.88 Å². The van der Waals surface area contributed by atoms with Crippen LogP contribution in [0.2, 0.25) is 0 Å². The third kappa shape index (κ3) is 4.90. The second kappa shape index (κ2) is 9.20. The third-order valence-electron chi connectivity index (χ3n) is 4.03. The molecule has 1 heterocycles. The van der Waals surface area contributed by atoms with Gasteiger partial charge in [0.2, 0.25) is 14.8 Å². The lowest BCUT2D eigenvalue weighted by Crippen LogP contribution is -2.11. The average Bonchev–Trinajstić information content (AvgIpc) is 3.07. The molecule has 7 nitrogen and oxygen atoms in total. The largest absolute Gasteiger partial charge is 0.324 e. The van der Waals surface area contributed by atoms with Crippen LogP contribution in [0.3, 0.4) is 0 Å². The maximum atomic E-state index is 11.9. The first-order chi connectivity index (χ1) is 13.2. The van der Waals surface area contributed by atoms with Crippen molar-refractivity contribution in [2.75, 3.05) is 11.6 Å². The molecule has 0 atom stereocenters. The highest BCUT2D eigenvalue weighted by Gasteiger charge is 2.14. The molecule has 0 aliphatic heterocycles. The number of aliphatic imine (C=N–C) groups is 2. The molecular weight excluding hydrogens is 394 g/mol. The molecule has 0 radical (unpaired) electrons. The van der Waals surface area contributed by atoms with Gasteiger partial charge in [-0.05, 0) is 75.7 Å². The van der Waals surface area contributed by atoms with E-state index in [0.29, 0.717) is 17.3 Å². The lowest BCUT2D eigenvalue weighted by atomic mass is 10.2. The molecule has 2 aromatic rings. The molecule has 2 rings (SSSR count). The van der Waals surface area contributed by atoms with Crippen molar-refractivity contribution in [2.45, 2.75) is 38.6 Å². The number of hydrogen-bond acceptors (Lipinski definition) is 5. The summed E-state index contributed by atoms with van der Waals surface area (Å²) >= 11 is 0. The van der Waals surface area contributed by atoms with Crippen LogP contribution in [0, 0.1) is 6.92 Å². The quantitative estimate of drug-likeness (QED) is 0.427. The Bertz CT molecular complexity index is 1000. The molecule has 150 valence electrons. The molecule has 0 unspecified atom stereocenters. The number of guanidine groups is 1. The predicted molar refractivity (Wildman–Crippen MR) is 119 cm³/mol. The zero-order valence-electron chi connectivity index (χ0n) is 16.7. The van der Waals surface area contributed by atoms with E-state index < -0.39 is 8.87 Å². The Hall–Kier alpha value is -2.39. The first-order valence-corrected chi connectivity index (χ1v) is 11.9. The van der Waals surface area contributed by atoms with E-state index in [0.717, 1.165) is 22.3 Å². The van der Waals surface area contributed by atoms with E-state index >= 15 is 0 Å². The second-order valence-corrected chi connectivity index (χ2v) is 10.2. The van der Waals surface area contributed by atoms with Gasteiger partial charge in [0.05, 0.1) is 22.5 Å². The Balaban J connectivity index is 2.32. The van der Waals surface area contributed by atoms with E-state index in [4.69, 9.17) is 0 Å². The summed E-state index contributed by atoms with van der Waals surface area (Å²) in [5.74, 6) is 1.22. The number of aryl methyl sites for hydroxylation is 1. The molecule has 1 aromatic heterocycles. The van der Waals surface area contributed by atoms with Gasteiger partial charge in [0.15, 0.2) is 0 Å². The summed E-state index contributed by atoms with van der Waals surface area (Å²) in [5, 5.41) is 3.06. The van der Waals surface area contributed by atoms with Crippen LogP contribution in [0.1, 0.15) is 38.3 Å². The maximum absolute atomic E-state index is 11.9. The highest BCUT2D eigenvalue weighted by Crippen LogP contribution is 2.24. The van der Waals surface area contributed by atoms with Crippen LogP contribution in [0.5, 0.6) is 0 Å². The first kappa shape index (κ1) is 21.9. The second-order valence-electron chi connectivity index (χ2n) is 6.19. The van der Waals surface area contributed by atoms with E-state index in [-0.39, 0.29) is 10.9 Å². The van der Waals surface area contributed by atoms with Crippen LogP contribution >= 0.6 is 10.8 Å². The van der Waals surface area contributed by atoms with Crippen molar-refractivity contribution in [3.05, 3.63) is 48.1 Å². The van der Waals surface area contributed by atoms with Crippen molar-refractivity contribution in [1.29, 1.82) is 0 Å². The molecule has 1 aromatic carbocycles. The molecule has 28 heavy (non-hydrogen) atoms. The fourth-order valence-corrected chi connectivity index (χ4v) is 4.28. The summed E-state index contributed by atoms with van der Waals surface area (Å²) in [6.07, 6.45) is 5.21. The maximum Gasteiger partial charge on any atom is 0.229 e. The minimum atomic E-state index is -3.31. The van der Waals surface area contributed by atoms with Crippen molar-refractivity contribution < 1.29 is 8.42 Å². The number of nitrogens with zero attached hydrogens (tertiary/aromatic N) is 4. The molecule has 0 bridgehead atoms. The number of hydrogen-bond donors (Lipinski definition) is 1. The molecule has 0 saturated heterocycles. The summed E-state index contributed by atoms with van der Waals surface area (Å²) in [4.78, 5) is 13.2. The third-order valence-corrected chi connectivity index (χ3v) is 7.21. The van der Waals surface area contributed by atoms with E-state index in [1.807, 2.05) is 19.9 Å². The Morgan fingerprint density at radius 3 is 2.46 bits per heavy atom. The Labute approximate surface area is 170 Å². The number of imidazole rings is 1. The summed E-state index contributed by atoms with van der Waals surface area (Å²) in [5.41, 5.74) is 2.26. The van der Waals surface area contributed by atoms with Crippen LogP contribution in [0.25, 0.3) is 5.70 Å². The average molecular weight is 420 g/mol. The SMILES string of the molecule is C=N/C(=N\C(=C/C)c1cnc(C)n1C(C)C)Nc1ccc(S(=O)(=O)SC)cc1. The lowest BCUT2D eigenvalue weighted by molar-refractivity contribution is 0.576. The smallest absolute Gasteiger partial charge is 0.229 e. The Kier molecular flexibility index (Phi) is 7.20. The summed E-state index contributed by atoms with van der Waals surface area (Å²) in [6, 6.07) is 6.66. The highest BCUT2D eigenvalue weighted by atomic mass is 33.1. The number of rotatable bonds is 6. The van der Waals surface area contributed by atoms with Crippen LogP contribution in [0.15, 0.2) is 51.4 Å². The van der Waals surface area contributed by atoms with Gasteiger partial charge in [-0.2, -0.15) is 0 Å². The Morgan fingerprint density at radius 2 is 1.96 bits per heavy atom. The summed E-state index contributed by atoms with van der Waals surface area (Å²) in [6.45, 7) is 11.6. The topological polar surface area (TPSA) is 88.7 Å². The van der Waals surface area contributed by atoms with Crippen LogP contribution in [0.4, 0.5) is 5.69 Å². The minimum Gasteiger partial charge on any atom is -0.324 e. The summed E-state index contributed by atoms with van der Waals surface area (Å²) in [7, 11) is -2.51. The predicted octanol–water partition coefficient (Wildman–Crippen LogP) is 4.35. The van der Waals surface area contributed by atoms with Gasteiger partial charge in [0.1, 0.15) is 5.82 Å². The van der Waals surface area contributed by atoms with Crippen molar-refractivity contribution in [3.63, 3.8) is 0 Å². The van der Waals surface area contributed by atoms with E-state index in [9.17, 15) is 8.42 Å². The van der Waals surface area contributed by atoms with Crippen molar-refractivity contribution in [1.82, 2.24) is 9.55 Å². The highest BCUT2D eigenvalue weighted by molar-refractivity contribution is 8.71. The molecular formula is C19H25N5O2S2. The van der Waals surface area contributed by atoms with Crippen molar-refractivity contribution in [3.8, 4) is 0 Å². The van der Waals surface area contributed by atoms with Gasteiger partial charge in [-0.3, -0.25) is 0 Å². The van der Waals surface area contributed by atoms with E-state index in [1.165, 1.54) is 6.26 Å². The van der Waals surface area contributed by atoms with E-state index in [2.05, 4.69) is 45.4 Å². The first-order valence-electron chi connectivity index (χ1n) is 8.67. The van der Waals surface area contributed by atoms with Gasteiger partial charge >= 0.3 is 0 Å². The lowest BCUT2D eigenvalue weighted by Gasteiger charge is -2.15. The summed E-state index contributed by atoms with van der Waals surface area (Å²) < 4.78 is 25.9. The fourth-order valence-electron chi connectivity index (χ4n) is 2.71. The molecule has 0 fully saturated rings. The number of allylic oxidation sites excluding steroid dienone is 1. The number of anilines is 1. The molecule has 0 spiro atoms. The molecule has 9 heteroatoms. The zero-order chi connectivity index (χ0) is 20.9. The monoisotopic (exact) mass is 419 g/mol. The van der Waals surface area contributed by atoms with Crippen molar-refractivity contribution >= 4 is 43.7 Å². The zero-order valence-corrected chi connectivity index (χ0v) is 18.3. The number of benzene rings is 1. The van der Waals surface area contributed by atoms with Gasteiger partial charge in [0.25, 0.3) is 0 Å². The van der Waals surface area contributed by atoms with Gasteiger partial charge in [-0.15, -0.1) is 0 Å². The molecule has 0 saturated carbocycles. The molecule has 0 amide bonds. The minimum absolute atomic E-state index is 0.238. The van der Waals surface area contributed by atoms with Crippen LogP contribution in [-0.2, 0) is 8.87 Å². The fraction of sp³-hybridized carbons (Fsp3) is 0.316. The molecule has 0 aliphatic carbocycles. The number of aromatic nitrogens is 2. The standard InChI is InChI=1S/C19H25N5O2S2/c1-7-17(18-12-21-14(4)24(18)13(2)3)23-19(20-5)22-15-8-10-16(11-9-15)28(25,26)27-6/h7-13H,5H2,1-4,6H3,(H,22,23)/b17-7-.